The maximum Gasteiger partial charge on any atom is 0.150 e. The smallest absolute Gasteiger partial charge is 0.150 e. The maximum absolute atomic E-state index is 9.86. The van der Waals surface area contributed by atoms with Crippen LogP contribution in [0.25, 0.3) is 0 Å². The summed E-state index contributed by atoms with van der Waals surface area (Å²) >= 11 is 0. The van der Waals surface area contributed by atoms with Gasteiger partial charge in [0.05, 0.1) is 17.0 Å². The van der Waals surface area contributed by atoms with Crippen LogP contribution >= 0.6 is 0 Å². The first-order valence-corrected chi connectivity index (χ1v) is 5.52. The Bertz CT molecular complexity index is 365. The predicted molar refractivity (Wildman–Crippen MR) is 66.5 cm³/mol. The Hall–Kier alpha value is -1.23. The van der Waals surface area contributed by atoms with Gasteiger partial charge in [-0.05, 0) is 27.7 Å². The molecule has 5 heteroatoms. The number of aliphatic hydroxyl groups is 1. The molecule has 0 aromatic carbocycles. The van der Waals surface area contributed by atoms with E-state index < -0.39 is 5.60 Å². The average Bonchev–Trinajstić information content (AvgIpc) is 2.37. The van der Waals surface area contributed by atoms with Gasteiger partial charge in [0.2, 0.25) is 0 Å². The molecule has 0 aliphatic carbocycles. The standard InChI is InChI=1S/C11H22N4O/c1-6-15(7-11(3,4)16)10-9(12)8(2)13-14(10)5/h16H,6-7,12H2,1-5H3. The van der Waals surface area contributed by atoms with Gasteiger partial charge in [0.25, 0.3) is 0 Å². The van der Waals surface area contributed by atoms with Crippen molar-refractivity contribution < 1.29 is 5.11 Å². The van der Waals surface area contributed by atoms with Crippen LogP contribution in [0.15, 0.2) is 0 Å². The minimum absolute atomic E-state index is 0.534. The molecule has 0 saturated heterocycles. The molecule has 0 aliphatic rings. The number of nitrogen functional groups attached to an aromatic ring is 1. The van der Waals surface area contributed by atoms with E-state index in [2.05, 4.69) is 5.10 Å². The van der Waals surface area contributed by atoms with Gasteiger partial charge in [-0.3, -0.25) is 4.68 Å². The molecule has 16 heavy (non-hydrogen) atoms. The molecule has 0 saturated carbocycles. The van der Waals surface area contributed by atoms with Crippen LogP contribution in [0.5, 0.6) is 0 Å². The minimum Gasteiger partial charge on any atom is -0.394 e. The van der Waals surface area contributed by atoms with Crippen molar-refractivity contribution in [2.45, 2.75) is 33.3 Å². The van der Waals surface area contributed by atoms with Gasteiger partial charge in [-0.1, -0.05) is 0 Å². The van der Waals surface area contributed by atoms with Crippen LogP contribution < -0.4 is 10.6 Å². The molecule has 0 aliphatic heterocycles. The van der Waals surface area contributed by atoms with Crippen molar-refractivity contribution in [3.63, 3.8) is 0 Å². The van der Waals surface area contributed by atoms with E-state index in [9.17, 15) is 5.11 Å². The van der Waals surface area contributed by atoms with Crippen molar-refractivity contribution in [1.29, 1.82) is 0 Å². The van der Waals surface area contributed by atoms with Crippen LogP contribution in [0.1, 0.15) is 26.5 Å². The molecule has 0 fully saturated rings. The number of aryl methyl sites for hydroxylation is 2. The summed E-state index contributed by atoms with van der Waals surface area (Å²) in [6.07, 6.45) is 0. The third-order valence-electron chi connectivity index (χ3n) is 2.50. The number of aromatic nitrogens is 2. The molecule has 0 atom stereocenters. The van der Waals surface area contributed by atoms with E-state index in [1.165, 1.54) is 0 Å². The van der Waals surface area contributed by atoms with E-state index in [4.69, 9.17) is 5.73 Å². The summed E-state index contributed by atoms with van der Waals surface area (Å²) in [5, 5.41) is 14.1. The highest BCUT2D eigenvalue weighted by Gasteiger charge is 2.22. The fourth-order valence-corrected chi connectivity index (χ4v) is 1.84. The normalized spacial score (nSPS) is 11.9. The molecular formula is C11H22N4O. The number of hydrogen-bond donors (Lipinski definition) is 2. The van der Waals surface area contributed by atoms with E-state index in [0.717, 1.165) is 18.1 Å². The van der Waals surface area contributed by atoms with E-state index in [-0.39, 0.29) is 0 Å². The highest BCUT2D eigenvalue weighted by Crippen LogP contribution is 2.26. The van der Waals surface area contributed by atoms with Crippen LogP contribution in [0.3, 0.4) is 0 Å². The largest absolute Gasteiger partial charge is 0.394 e. The number of nitrogens with zero attached hydrogens (tertiary/aromatic N) is 3. The molecule has 1 aromatic rings. The number of nitrogens with two attached hydrogens (primary N) is 1. The van der Waals surface area contributed by atoms with E-state index in [1.807, 2.05) is 25.8 Å². The van der Waals surface area contributed by atoms with Crippen molar-refractivity contribution in [1.82, 2.24) is 9.78 Å². The molecule has 0 unspecified atom stereocenters. The Kier molecular flexibility index (Phi) is 3.48. The van der Waals surface area contributed by atoms with Crippen molar-refractivity contribution in [2.24, 2.45) is 7.05 Å². The third kappa shape index (κ3) is 2.66. The van der Waals surface area contributed by atoms with Crippen LogP contribution in [-0.2, 0) is 7.05 Å². The maximum atomic E-state index is 9.86. The molecule has 3 N–H and O–H groups in total. The van der Waals surface area contributed by atoms with Gasteiger partial charge < -0.3 is 15.7 Å². The molecule has 0 spiro atoms. The van der Waals surface area contributed by atoms with Crippen molar-refractivity contribution in [3.8, 4) is 0 Å². The van der Waals surface area contributed by atoms with Crippen molar-refractivity contribution in [2.75, 3.05) is 23.7 Å². The molecule has 1 heterocycles. The van der Waals surface area contributed by atoms with Gasteiger partial charge in [0, 0.05) is 20.1 Å². The summed E-state index contributed by atoms with van der Waals surface area (Å²) in [6, 6.07) is 0. The average molecular weight is 226 g/mol. The van der Waals surface area contributed by atoms with E-state index in [0.29, 0.717) is 12.2 Å². The molecule has 0 amide bonds. The lowest BCUT2D eigenvalue weighted by atomic mass is 10.1. The van der Waals surface area contributed by atoms with Gasteiger partial charge in [-0.2, -0.15) is 5.10 Å². The molecule has 5 nitrogen and oxygen atoms in total. The number of likely N-dealkylation sites (N-methyl/N-ethyl adjacent to an activating group) is 1. The number of rotatable bonds is 4. The van der Waals surface area contributed by atoms with Crippen LogP contribution in [0.4, 0.5) is 11.5 Å². The van der Waals surface area contributed by atoms with Crippen LogP contribution in [-0.4, -0.2) is 33.6 Å². The van der Waals surface area contributed by atoms with Gasteiger partial charge in [0.1, 0.15) is 5.82 Å². The van der Waals surface area contributed by atoms with Crippen molar-refractivity contribution in [3.05, 3.63) is 5.69 Å². The summed E-state index contributed by atoms with van der Waals surface area (Å²) in [5.41, 5.74) is 6.76. The lowest BCUT2D eigenvalue weighted by Gasteiger charge is -2.29. The predicted octanol–water partition coefficient (Wildman–Crippen LogP) is 0.908. The second kappa shape index (κ2) is 4.33. The Labute approximate surface area is 96.9 Å². The molecule has 1 rings (SSSR count). The zero-order valence-electron chi connectivity index (χ0n) is 10.8. The summed E-state index contributed by atoms with van der Waals surface area (Å²) in [5.74, 6) is 0.877. The van der Waals surface area contributed by atoms with Gasteiger partial charge >= 0.3 is 0 Å². The van der Waals surface area contributed by atoms with Crippen LogP contribution in [0, 0.1) is 6.92 Å². The number of hydrogen-bond acceptors (Lipinski definition) is 4. The second-order valence-electron chi connectivity index (χ2n) is 4.77. The molecule has 92 valence electrons. The van der Waals surface area contributed by atoms with Gasteiger partial charge in [0.15, 0.2) is 0 Å². The zero-order valence-corrected chi connectivity index (χ0v) is 10.8. The molecule has 0 bridgehead atoms. The van der Waals surface area contributed by atoms with Crippen molar-refractivity contribution >= 4 is 11.5 Å². The minimum atomic E-state index is -0.749. The Balaban J connectivity index is 3.04. The summed E-state index contributed by atoms with van der Waals surface area (Å²) in [7, 11) is 1.87. The second-order valence-corrected chi connectivity index (χ2v) is 4.77. The highest BCUT2D eigenvalue weighted by molar-refractivity contribution is 5.66. The Morgan fingerprint density at radius 2 is 2.06 bits per heavy atom. The number of anilines is 2. The fraction of sp³-hybridized carbons (Fsp3) is 0.727. The molecule has 1 aromatic heterocycles. The first-order chi connectivity index (χ1) is 7.26. The zero-order chi connectivity index (χ0) is 12.5. The fourth-order valence-electron chi connectivity index (χ4n) is 1.84. The van der Waals surface area contributed by atoms with Gasteiger partial charge in [-0.15, -0.1) is 0 Å². The Morgan fingerprint density at radius 1 is 1.50 bits per heavy atom. The monoisotopic (exact) mass is 226 g/mol. The molecule has 0 radical (unpaired) electrons. The molecular weight excluding hydrogens is 204 g/mol. The topological polar surface area (TPSA) is 67.3 Å². The quantitative estimate of drug-likeness (QED) is 0.800. The van der Waals surface area contributed by atoms with E-state index in [1.54, 1.807) is 18.5 Å². The summed E-state index contributed by atoms with van der Waals surface area (Å²) < 4.78 is 1.76. The van der Waals surface area contributed by atoms with E-state index >= 15 is 0 Å². The lowest BCUT2D eigenvalue weighted by molar-refractivity contribution is 0.0873. The first-order valence-electron chi connectivity index (χ1n) is 5.52. The highest BCUT2D eigenvalue weighted by atomic mass is 16.3. The third-order valence-corrected chi connectivity index (χ3v) is 2.50. The SMILES string of the molecule is CCN(CC(C)(C)O)c1c(N)c(C)nn1C. The summed E-state index contributed by atoms with van der Waals surface area (Å²) in [6.45, 7) is 8.81. The first kappa shape index (κ1) is 12.8. The van der Waals surface area contributed by atoms with Crippen LogP contribution in [0.2, 0.25) is 0 Å². The Morgan fingerprint density at radius 3 is 2.38 bits per heavy atom. The van der Waals surface area contributed by atoms with Gasteiger partial charge in [-0.25, -0.2) is 0 Å². The summed E-state index contributed by atoms with van der Waals surface area (Å²) in [4.78, 5) is 2.04. The lowest BCUT2D eigenvalue weighted by Crippen LogP contribution is -2.39.